The summed E-state index contributed by atoms with van der Waals surface area (Å²) in [5, 5.41) is 14.9. The van der Waals surface area contributed by atoms with Crippen LogP contribution >= 0.6 is 0 Å². The van der Waals surface area contributed by atoms with Crippen LogP contribution in [0.3, 0.4) is 0 Å². The quantitative estimate of drug-likeness (QED) is 0.0933. The Kier molecular flexibility index (Phi) is 9.11. The number of nitrogens with two attached hydrogens (primary N) is 1. The van der Waals surface area contributed by atoms with E-state index in [0.29, 0.717) is 29.7 Å². The van der Waals surface area contributed by atoms with Gasteiger partial charge in [0, 0.05) is 82.5 Å². The van der Waals surface area contributed by atoms with E-state index in [1.54, 1.807) is 49.2 Å². The lowest BCUT2D eigenvalue weighted by Gasteiger charge is -2.28. The highest BCUT2D eigenvalue weighted by molar-refractivity contribution is 6.09. The van der Waals surface area contributed by atoms with Crippen molar-refractivity contribution in [2.24, 2.45) is 16.6 Å². The molecule has 12 heteroatoms. The maximum Gasteiger partial charge on any atom is 0.248 e. The number of primary amides is 1. The number of Topliss-reactive ketones (excluding diaryl/α,β-unsaturated/α-hetero) is 2. The number of aromatic amines is 3. The summed E-state index contributed by atoms with van der Waals surface area (Å²) in [6.45, 7) is 8.48. The molecule has 7 aromatic rings. The maximum absolute atomic E-state index is 13.0. The van der Waals surface area contributed by atoms with E-state index in [-0.39, 0.29) is 22.4 Å². The van der Waals surface area contributed by atoms with Crippen molar-refractivity contribution < 1.29 is 14.4 Å². The second-order valence-corrected chi connectivity index (χ2v) is 16.2. The minimum absolute atomic E-state index is 0.0442. The highest BCUT2D eigenvalue weighted by atomic mass is 16.1. The number of aromatic nitrogens is 6. The fraction of sp³-hybridized carbons (Fsp3) is 0.227. The zero-order valence-electron chi connectivity index (χ0n) is 31.7. The first-order chi connectivity index (χ1) is 26.8. The lowest BCUT2D eigenvalue weighted by Crippen LogP contribution is -2.26. The van der Waals surface area contributed by atoms with E-state index in [1.807, 2.05) is 48.5 Å². The number of anilines is 4. The van der Waals surface area contributed by atoms with Crippen molar-refractivity contribution in [2.75, 3.05) is 10.6 Å². The topological polar surface area (TPSA) is 187 Å². The molecule has 0 atom stereocenters. The second kappa shape index (κ2) is 14.1. The van der Waals surface area contributed by atoms with Gasteiger partial charge in [-0.1, -0.05) is 33.8 Å². The molecule has 5 aromatic heterocycles. The fourth-order valence-corrected chi connectivity index (χ4v) is 7.89. The van der Waals surface area contributed by atoms with Gasteiger partial charge < -0.3 is 26.3 Å². The number of carbonyl (C=O) groups excluding carboxylic acids is 3. The number of fused-ring (bicyclic) bond motifs is 3. The monoisotopic (exact) mass is 745 g/mol. The van der Waals surface area contributed by atoms with Crippen LogP contribution in [0.15, 0.2) is 97.7 Å². The van der Waals surface area contributed by atoms with E-state index in [0.717, 1.165) is 80.3 Å². The Morgan fingerprint density at radius 3 is 1.71 bits per heavy atom. The summed E-state index contributed by atoms with van der Waals surface area (Å²) in [6, 6.07) is 20.7. The molecule has 1 amide bonds. The molecule has 0 unspecified atom stereocenters. The van der Waals surface area contributed by atoms with Crippen LogP contribution < -0.4 is 16.4 Å². The molecular weight excluding hydrogens is 703 g/mol. The van der Waals surface area contributed by atoms with Gasteiger partial charge in [0.05, 0.1) is 45.6 Å². The molecule has 0 spiro atoms. The van der Waals surface area contributed by atoms with E-state index in [9.17, 15) is 14.4 Å². The number of H-pyrrole nitrogens is 3. The molecule has 2 aromatic carbocycles. The van der Waals surface area contributed by atoms with Gasteiger partial charge >= 0.3 is 0 Å². The van der Waals surface area contributed by atoms with Gasteiger partial charge in [-0.05, 0) is 84.3 Å². The van der Waals surface area contributed by atoms with Gasteiger partial charge in [-0.2, -0.15) is 5.10 Å². The van der Waals surface area contributed by atoms with Gasteiger partial charge in [0.15, 0.2) is 11.6 Å². The number of benzene rings is 2. The predicted octanol–water partition coefficient (Wildman–Crippen LogP) is 8.93. The SMILES string of the molecule is CC1(C)CC(=O)c2c([nH]c(-c3ccncc3)c2Nc2ccc3[nH]ncc3c2)C1.CC1(C)CC(=O)c2c([nH]c(-c3ccncc3)c2Nc2cccc(C(N)=O)c2)C1. The van der Waals surface area contributed by atoms with Crippen molar-refractivity contribution >= 4 is 51.1 Å². The molecule has 56 heavy (non-hydrogen) atoms. The molecule has 0 bridgehead atoms. The van der Waals surface area contributed by atoms with Crippen LogP contribution in [0.1, 0.15) is 83.0 Å². The zero-order chi connectivity index (χ0) is 39.2. The summed E-state index contributed by atoms with van der Waals surface area (Å²) >= 11 is 0. The molecule has 12 nitrogen and oxygen atoms in total. The smallest absolute Gasteiger partial charge is 0.248 e. The average Bonchev–Trinajstić information content (AvgIpc) is 3.87. The van der Waals surface area contributed by atoms with Gasteiger partial charge in [0.2, 0.25) is 5.91 Å². The van der Waals surface area contributed by atoms with Crippen molar-refractivity contribution in [3.63, 3.8) is 0 Å². The minimum Gasteiger partial charge on any atom is -0.366 e. The number of carbonyl (C=O) groups is 3. The normalized spacial score (nSPS) is 15.4. The molecule has 282 valence electrons. The summed E-state index contributed by atoms with van der Waals surface area (Å²) in [5.41, 5.74) is 16.9. The third kappa shape index (κ3) is 7.20. The Labute approximate surface area is 323 Å². The molecule has 5 heterocycles. The largest absolute Gasteiger partial charge is 0.366 e. The van der Waals surface area contributed by atoms with Crippen LogP contribution in [0.4, 0.5) is 22.7 Å². The maximum atomic E-state index is 13.0. The third-order valence-corrected chi connectivity index (χ3v) is 10.4. The molecule has 2 aliphatic rings. The summed E-state index contributed by atoms with van der Waals surface area (Å²) in [7, 11) is 0. The van der Waals surface area contributed by atoms with E-state index in [1.165, 1.54) is 0 Å². The molecular formula is C44H43N9O3. The van der Waals surface area contributed by atoms with Crippen LogP contribution in [-0.2, 0) is 12.8 Å². The number of ketones is 2. The first kappa shape index (κ1) is 36.2. The van der Waals surface area contributed by atoms with Crippen LogP contribution in [-0.4, -0.2) is 47.6 Å². The summed E-state index contributed by atoms with van der Waals surface area (Å²) < 4.78 is 0. The van der Waals surface area contributed by atoms with Gasteiger partial charge in [-0.15, -0.1) is 0 Å². The number of hydrogen-bond donors (Lipinski definition) is 6. The molecule has 0 fully saturated rings. The van der Waals surface area contributed by atoms with E-state index in [2.05, 4.69) is 68.5 Å². The standard InChI is InChI=1S/C22H21N5O.C22H22N4O2/c1-22(2)10-17-19(18(28)11-22)21(20(26-17)13-5-7-23-8-6-13)25-15-3-4-16-14(9-15)12-24-27-16;1-22(2)11-16-18(17(27)12-22)20(19(26-16)13-6-8-24-9-7-13)25-15-5-3-4-14(10-15)21(23)28/h3-9,12,25-26H,10-11H2,1-2H3,(H,24,27);3-10,25-26H,11-12H2,1-2H3,(H2,23,28). The molecule has 0 saturated carbocycles. The number of nitrogens with zero attached hydrogens (tertiary/aromatic N) is 3. The zero-order valence-corrected chi connectivity index (χ0v) is 31.7. The lowest BCUT2D eigenvalue weighted by atomic mass is 9.76. The van der Waals surface area contributed by atoms with Crippen LogP contribution in [0.5, 0.6) is 0 Å². The Balaban J connectivity index is 0.000000157. The Bertz CT molecular complexity index is 2620. The highest BCUT2D eigenvalue weighted by Gasteiger charge is 2.37. The molecule has 0 radical (unpaired) electrons. The van der Waals surface area contributed by atoms with Crippen LogP contribution in [0.25, 0.3) is 33.4 Å². The first-order valence-corrected chi connectivity index (χ1v) is 18.6. The van der Waals surface area contributed by atoms with Crippen molar-refractivity contribution in [3.05, 3.63) is 126 Å². The second-order valence-electron chi connectivity index (χ2n) is 16.2. The Morgan fingerprint density at radius 2 is 1.20 bits per heavy atom. The highest BCUT2D eigenvalue weighted by Crippen LogP contribution is 2.45. The van der Waals surface area contributed by atoms with Gasteiger partial charge in [0.1, 0.15) is 0 Å². The van der Waals surface area contributed by atoms with Crippen LogP contribution in [0, 0.1) is 10.8 Å². The number of hydrogen-bond acceptors (Lipinski definition) is 8. The number of rotatable bonds is 7. The van der Waals surface area contributed by atoms with Gasteiger partial charge in [-0.25, -0.2) is 0 Å². The van der Waals surface area contributed by atoms with Crippen molar-refractivity contribution in [2.45, 2.75) is 53.4 Å². The van der Waals surface area contributed by atoms with Crippen molar-refractivity contribution in [1.29, 1.82) is 0 Å². The van der Waals surface area contributed by atoms with Crippen molar-refractivity contribution in [1.82, 2.24) is 30.1 Å². The van der Waals surface area contributed by atoms with Gasteiger partial charge in [-0.3, -0.25) is 29.5 Å². The minimum atomic E-state index is -0.494. The number of amides is 1. The molecule has 0 aliphatic heterocycles. The number of pyridine rings is 2. The van der Waals surface area contributed by atoms with E-state index in [4.69, 9.17) is 5.73 Å². The summed E-state index contributed by atoms with van der Waals surface area (Å²) in [6.07, 6.45) is 11.4. The summed E-state index contributed by atoms with van der Waals surface area (Å²) in [4.78, 5) is 52.7. The Morgan fingerprint density at radius 1 is 0.679 bits per heavy atom. The van der Waals surface area contributed by atoms with Gasteiger partial charge in [0.25, 0.3) is 0 Å². The molecule has 2 aliphatic carbocycles. The first-order valence-electron chi connectivity index (χ1n) is 18.6. The lowest BCUT2D eigenvalue weighted by molar-refractivity contribution is 0.0903. The van der Waals surface area contributed by atoms with Crippen LogP contribution in [0.2, 0.25) is 0 Å². The third-order valence-electron chi connectivity index (χ3n) is 10.4. The fourth-order valence-electron chi connectivity index (χ4n) is 7.89. The summed E-state index contributed by atoms with van der Waals surface area (Å²) in [5.74, 6) is -0.210. The molecule has 0 saturated heterocycles. The molecule has 9 rings (SSSR count). The number of nitrogens with one attached hydrogen (secondary N) is 5. The Hall–Kier alpha value is -6.82. The van der Waals surface area contributed by atoms with Crippen molar-refractivity contribution in [3.8, 4) is 22.5 Å². The van der Waals surface area contributed by atoms with E-state index < -0.39 is 5.91 Å². The average molecular weight is 746 g/mol. The van der Waals surface area contributed by atoms with E-state index >= 15 is 0 Å². The molecule has 7 N–H and O–H groups in total. The predicted molar refractivity (Wildman–Crippen MR) is 219 cm³/mol.